The Hall–Kier alpha value is -0.650. The molecule has 0 bridgehead atoms. The van der Waals surface area contributed by atoms with E-state index in [2.05, 4.69) is 20.9 Å². The molecular formula is C10H13BrN2O2. The minimum atomic E-state index is -0.275. The van der Waals surface area contributed by atoms with Crippen LogP contribution in [0.4, 0.5) is 5.82 Å². The van der Waals surface area contributed by atoms with E-state index in [0.717, 1.165) is 16.0 Å². The Bertz CT molecular complexity index is 351. The van der Waals surface area contributed by atoms with Gasteiger partial charge in [-0.1, -0.05) is 0 Å². The summed E-state index contributed by atoms with van der Waals surface area (Å²) in [5.74, 6) is 0.872. The molecule has 1 aromatic rings. The van der Waals surface area contributed by atoms with Crippen LogP contribution in [0.1, 0.15) is 11.9 Å². The van der Waals surface area contributed by atoms with E-state index in [-0.39, 0.29) is 6.29 Å². The number of pyridine rings is 1. The highest BCUT2D eigenvalue weighted by Crippen LogP contribution is 2.30. The van der Waals surface area contributed by atoms with Crippen molar-refractivity contribution in [2.45, 2.75) is 6.29 Å². The summed E-state index contributed by atoms with van der Waals surface area (Å²) in [6.07, 6.45) is -0.275. The molecule has 0 saturated carbocycles. The first-order valence-corrected chi connectivity index (χ1v) is 5.55. The van der Waals surface area contributed by atoms with Gasteiger partial charge in [-0.2, -0.15) is 0 Å². The van der Waals surface area contributed by atoms with Crippen LogP contribution in [-0.2, 0) is 9.47 Å². The molecule has 4 nitrogen and oxygen atoms in total. The van der Waals surface area contributed by atoms with E-state index in [1.54, 1.807) is 0 Å². The maximum Gasteiger partial charge on any atom is 0.187 e. The summed E-state index contributed by atoms with van der Waals surface area (Å²) in [7, 11) is 3.90. The first-order chi connectivity index (χ1) is 7.18. The van der Waals surface area contributed by atoms with Crippen molar-refractivity contribution < 1.29 is 9.47 Å². The zero-order valence-corrected chi connectivity index (χ0v) is 10.3. The molecule has 0 radical (unpaired) electrons. The number of anilines is 1. The van der Waals surface area contributed by atoms with Crippen LogP contribution < -0.4 is 4.90 Å². The maximum absolute atomic E-state index is 5.47. The molecule has 1 saturated heterocycles. The molecule has 0 atom stereocenters. The van der Waals surface area contributed by atoms with Crippen molar-refractivity contribution >= 4 is 21.7 Å². The first-order valence-electron chi connectivity index (χ1n) is 4.75. The Morgan fingerprint density at radius 1 is 1.33 bits per heavy atom. The maximum atomic E-state index is 5.47. The van der Waals surface area contributed by atoms with Crippen LogP contribution in [0.15, 0.2) is 16.7 Å². The summed E-state index contributed by atoms with van der Waals surface area (Å²) in [6, 6.07) is 3.87. The molecule has 1 fully saturated rings. The summed E-state index contributed by atoms with van der Waals surface area (Å²) < 4.78 is 11.7. The third-order valence-electron chi connectivity index (χ3n) is 2.17. The van der Waals surface area contributed by atoms with Gasteiger partial charge in [0.25, 0.3) is 0 Å². The molecule has 1 aliphatic heterocycles. The van der Waals surface area contributed by atoms with E-state index in [1.165, 1.54) is 0 Å². The van der Waals surface area contributed by atoms with E-state index >= 15 is 0 Å². The number of halogens is 1. The van der Waals surface area contributed by atoms with E-state index in [4.69, 9.17) is 9.47 Å². The lowest BCUT2D eigenvalue weighted by atomic mass is 10.2. The Morgan fingerprint density at radius 3 is 2.60 bits per heavy atom. The molecule has 2 rings (SSSR count). The average Bonchev–Trinajstić information content (AvgIpc) is 2.70. The van der Waals surface area contributed by atoms with Crippen LogP contribution >= 0.6 is 15.9 Å². The topological polar surface area (TPSA) is 34.6 Å². The number of ether oxygens (including phenoxy) is 2. The normalized spacial score (nSPS) is 17.0. The lowest BCUT2D eigenvalue weighted by Crippen LogP contribution is -2.15. The molecule has 0 N–H and O–H groups in total. The van der Waals surface area contributed by atoms with Gasteiger partial charge in [-0.15, -0.1) is 0 Å². The van der Waals surface area contributed by atoms with Crippen molar-refractivity contribution in [1.82, 2.24) is 4.98 Å². The second-order valence-corrected chi connectivity index (χ2v) is 4.33. The highest BCUT2D eigenvalue weighted by Gasteiger charge is 2.23. The predicted octanol–water partition coefficient (Wildman–Crippen LogP) is 1.96. The van der Waals surface area contributed by atoms with E-state index in [1.807, 2.05) is 31.1 Å². The number of aromatic nitrogens is 1. The van der Waals surface area contributed by atoms with Gasteiger partial charge in [0.05, 0.1) is 18.8 Å². The molecule has 1 aliphatic rings. The second kappa shape index (κ2) is 4.47. The fraction of sp³-hybridized carbons (Fsp3) is 0.500. The SMILES string of the molecule is CN(C)c1nc(Br)ccc1C1OCCO1. The number of rotatable bonds is 2. The highest BCUT2D eigenvalue weighted by molar-refractivity contribution is 9.10. The monoisotopic (exact) mass is 272 g/mol. The van der Waals surface area contributed by atoms with E-state index in [0.29, 0.717) is 13.2 Å². The molecule has 0 spiro atoms. The fourth-order valence-electron chi connectivity index (χ4n) is 1.52. The van der Waals surface area contributed by atoms with Gasteiger partial charge >= 0.3 is 0 Å². The van der Waals surface area contributed by atoms with Gasteiger partial charge in [0.1, 0.15) is 10.4 Å². The molecule has 0 aliphatic carbocycles. The van der Waals surface area contributed by atoms with Crippen LogP contribution in [0.5, 0.6) is 0 Å². The summed E-state index contributed by atoms with van der Waals surface area (Å²) in [4.78, 5) is 6.35. The Morgan fingerprint density at radius 2 is 2.00 bits per heavy atom. The quantitative estimate of drug-likeness (QED) is 0.771. The van der Waals surface area contributed by atoms with Crippen LogP contribution in [-0.4, -0.2) is 32.3 Å². The number of hydrogen-bond donors (Lipinski definition) is 0. The van der Waals surface area contributed by atoms with Crippen molar-refractivity contribution in [2.75, 3.05) is 32.2 Å². The lowest BCUT2D eigenvalue weighted by molar-refractivity contribution is -0.0439. The summed E-state index contributed by atoms with van der Waals surface area (Å²) >= 11 is 3.35. The van der Waals surface area contributed by atoms with Gasteiger partial charge < -0.3 is 14.4 Å². The van der Waals surface area contributed by atoms with Gasteiger partial charge in [-0.25, -0.2) is 4.98 Å². The predicted molar refractivity (Wildman–Crippen MR) is 60.9 cm³/mol. The third-order valence-corrected chi connectivity index (χ3v) is 2.61. The fourth-order valence-corrected chi connectivity index (χ4v) is 1.82. The molecule has 2 heterocycles. The Kier molecular flexibility index (Phi) is 3.23. The minimum absolute atomic E-state index is 0.275. The molecule has 5 heteroatoms. The zero-order valence-electron chi connectivity index (χ0n) is 8.74. The van der Waals surface area contributed by atoms with Gasteiger partial charge in [0.2, 0.25) is 0 Å². The smallest absolute Gasteiger partial charge is 0.187 e. The second-order valence-electron chi connectivity index (χ2n) is 3.51. The lowest BCUT2D eigenvalue weighted by Gasteiger charge is -2.19. The third kappa shape index (κ3) is 2.30. The van der Waals surface area contributed by atoms with Crippen LogP contribution in [0.3, 0.4) is 0 Å². The molecule has 0 aromatic carbocycles. The Balaban J connectivity index is 2.36. The number of nitrogens with zero attached hydrogens (tertiary/aromatic N) is 2. The van der Waals surface area contributed by atoms with Gasteiger partial charge in [0, 0.05) is 14.1 Å². The zero-order chi connectivity index (χ0) is 10.8. The van der Waals surface area contributed by atoms with Crippen LogP contribution in [0.25, 0.3) is 0 Å². The van der Waals surface area contributed by atoms with E-state index in [9.17, 15) is 0 Å². The molecule has 82 valence electrons. The molecule has 1 aromatic heterocycles. The van der Waals surface area contributed by atoms with Gasteiger partial charge in [-0.05, 0) is 28.1 Å². The van der Waals surface area contributed by atoms with Crippen molar-refractivity contribution in [2.24, 2.45) is 0 Å². The van der Waals surface area contributed by atoms with Crippen molar-refractivity contribution in [1.29, 1.82) is 0 Å². The molecule has 0 unspecified atom stereocenters. The molecule has 0 amide bonds. The largest absolute Gasteiger partial charge is 0.362 e. The summed E-state index contributed by atoms with van der Waals surface area (Å²) in [5.41, 5.74) is 0.973. The average molecular weight is 273 g/mol. The van der Waals surface area contributed by atoms with Crippen LogP contribution in [0.2, 0.25) is 0 Å². The summed E-state index contributed by atoms with van der Waals surface area (Å²) in [6.45, 7) is 1.29. The van der Waals surface area contributed by atoms with Crippen molar-refractivity contribution in [3.8, 4) is 0 Å². The Labute approximate surface area is 97.3 Å². The number of hydrogen-bond acceptors (Lipinski definition) is 4. The first kappa shape index (κ1) is 10.9. The summed E-state index contributed by atoms with van der Waals surface area (Å²) in [5, 5.41) is 0. The van der Waals surface area contributed by atoms with Gasteiger partial charge in [0.15, 0.2) is 6.29 Å². The molecule has 15 heavy (non-hydrogen) atoms. The highest BCUT2D eigenvalue weighted by atomic mass is 79.9. The van der Waals surface area contributed by atoms with E-state index < -0.39 is 0 Å². The van der Waals surface area contributed by atoms with Gasteiger partial charge in [-0.3, -0.25) is 0 Å². The molecular weight excluding hydrogens is 260 g/mol. The van der Waals surface area contributed by atoms with Crippen LogP contribution in [0, 0.1) is 0 Å². The minimum Gasteiger partial charge on any atom is -0.362 e. The van der Waals surface area contributed by atoms with Crippen molar-refractivity contribution in [3.05, 3.63) is 22.3 Å². The van der Waals surface area contributed by atoms with Crippen molar-refractivity contribution in [3.63, 3.8) is 0 Å². The standard InChI is InChI=1S/C10H13BrN2O2/c1-13(2)9-7(3-4-8(11)12-9)10-14-5-6-15-10/h3-4,10H,5-6H2,1-2H3.